The third-order valence-electron chi connectivity index (χ3n) is 8.13. The molecule has 6 rings (SSSR count). The van der Waals surface area contributed by atoms with Crippen LogP contribution >= 0.6 is 11.6 Å². The molecule has 9 nitrogen and oxygen atoms in total. The maximum Gasteiger partial charge on any atom is 0.303 e. The van der Waals surface area contributed by atoms with Gasteiger partial charge in [-0.3, -0.25) is 14.4 Å². The van der Waals surface area contributed by atoms with Gasteiger partial charge in [0.25, 0.3) is 0 Å². The quantitative estimate of drug-likeness (QED) is 0.334. The Morgan fingerprint density at radius 2 is 1.90 bits per heavy atom. The first-order valence-corrected chi connectivity index (χ1v) is 13.0. The molecular formula is C29H24ClN3O6. The van der Waals surface area contributed by atoms with Crippen molar-refractivity contribution in [3.05, 3.63) is 65.3 Å². The third kappa shape index (κ3) is 3.78. The van der Waals surface area contributed by atoms with Gasteiger partial charge in [0.15, 0.2) is 0 Å². The third-order valence-corrected chi connectivity index (χ3v) is 8.35. The van der Waals surface area contributed by atoms with Crippen molar-refractivity contribution in [3.63, 3.8) is 0 Å². The zero-order chi connectivity index (χ0) is 27.5. The van der Waals surface area contributed by atoms with E-state index in [4.69, 9.17) is 25.8 Å². The van der Waals surface area contributed by atoms with Crippen LogP contribution in [0, 0.1) is 23.2 Å². The number of aromatic nitrogens is 1. The first kappa shape index (κ1) is 25.3. The van der Waals surface area contributed by atoms with E-state index in [1.165, 1.54) is 18.0 Å². The van der Waals surface area contributed by atoms with Crippen LogP contribution in [0.2, 0.25) is 5.02 Å². The minimum atomic E-state index is -1.20. The lowest BCUT2D eigenvalue weighted by Crippen LogP contribution is -2.51. The van der Waals surface area contributed by atoms with Gasteiger partial charge < -0.3 is 14.2 Å². The number of pyridine rings is 1. The Hall–Kier alpha value is -4.00. The van der Waals surface area contributed by atoms with Crippen molar-refractivity contribution in [2.45, 2.75) is 44.0 Å². The van der Waals surface area contributed by atoms with Gasteiger partial charge in [0, 0.05) is 42.8 Å². The molecule has 3 aromatic rings. The van der Waals surface area contributed by atoms with Gasteiger partial charge in [0.1, 0.15) is 11.7 Å². The average molecular weight is 546 g/mol. The fourth-order valence-electron chi connectivity index (χ4n) is 6.55. The standard InChI is InChI=1S/C29H24ClN3O6/c1-16(34)38-22-13-29(11-12-37-23-10-8-18(30)15-32-23)25-24(28(22,2)39-29)26(35)33(27(25)36)21-9-7-17(14-31)19-5-3-4-6-20(19)21/h3-10,15,22,24-25H,11-13H2,1-2H3/t22-,24-,25+,28-,29+/m0/s1. The Bertz CT molecular complexity index is 1570. The van der Waals surface area contributed by atoms with E-state index >= 15 is 0 Å². The molecule has 2 amide bonds. The number of hydrogen-bond acceptors (Lipinski definition) is 8. The lowest BCUT2D eigenvalue weighted by Gasteiger charge is -2.35. The number of nitrogens with zero attached hydrogens (tertiary/aromatic N) is 3. The molecule has 0 saturated carbocycles. The van der Waals surface area contributed by atoms with Gasteiger partial charge in [-0.2, -0.15) is 5.26 Å². The lowest BCUT2D eigenvalue weighted by molar-refractivity contribution is -0.160. The van der Waals surface area contributed by atoms with Crippen molar-refractivity contribution in [1.29, 1.82) is 5.26 Å². The Balaban J connectivity index is 1.38. The summed E-state index contributed by atoms with van der Waals surface area (Å²) in [6.07, 6.45) is 1.29. The van der Waals surface area contributed by atoms with Gasteiger partial charge in [0.2, 0.25) is 17.7 Å². The molecule has 2 bridgehead atoms. The highest BCUT2D eigenvalue weighted by molar-refractivity contribution is 6.30. The first-order valence-electron chi connectivity index (χ1n) is 12.6. The second kappa shape index (κ2) is 9.04. The number of esters is 1. The van der Waals surface area contributed by atoms with Gasteiger partial charge in [0.05, 0.1) is 46.4 Å². The summed E-state index contributed by atoms with van der Waals surface area (Å²) in [5.74, 6) is -2.57. The van der Waals surface area contributed by atoms with E-state index in [9.17, 15) is 19.6 Å². The molecule has 0 spiro atoms. The highest BCUT2D eigenvalue weighted by Gasteiger charge is 2.78. The van der Waals surface area contributed by atoms with Crippen LogP contribution in [-0.4, -0.2) is 46.7 Å². The van der Waals surface area contributed by atoms with Crippen LogP contribution in [0.3, 0.4) is 0 Å². The number of rotatable bonds is 6. The average Bonchev–Trinajstić information content (AvgIpc) is 3.46. The molecule has 198 valence electrons. The monoisotopic (exact) mass is 545 g/mol. The van der Waals surface area contributed by atoms with E-state index in [1.807, 2.05) is 0 Å². The second-order valence-corrected chi connectivity index (χ2v) is 10.8. The van der Waals surface area contributed by atoms with E-state index in [-0.39, 0.29) is 25.4 Å². The van der Waals surface area contributed by atoms with Gasteiger partial charge in [-0.1, -0.05) is 35.9 Å². The van der Waals surface area contributed by atoms with E-state index in [2.05, 4.69) is 11.1 Å². The number of fused-ring (bicyclic) bond motifs is 6. The predicted molar refractivity (Wildman–Crippen MR) is 140 cm³/mol. The molecule has 0 unspecified atom stereocenters. The summed E-state index contributed by atoms with van der Waals surface area (Å²) in [4.78, 5) is 45.5. The molecule has 0 N–H and O–H groups in total. The molecular weight excluding hydrogens is 522 g/mol. The van der Waals surface area contributed by atoms with Crippen molar-refractivity contribution in [1.82, 2.24) is 4.98 Å². The van der Waals surface area contributed by atoms with E-state index in [0.29, 0.717) is 32.9 Å². The number of halogens is 1. The van der Waals surface area contributed by atoms with Crippen LogP contribution in [0.1, 0.15) is 32.3 Å². The van der Waals surface area contributed by atoms with Gasteiger partial charge in [-0.25, -0.2) is 9.88 Å². The number of anilines is 1. The molecule has 0 radical (unpaired) electrons. The van der Waals surface area contributed by atoms with Crippen LogP contribution in [0.25, 0.3) is 10.8 Å². The summed E-state index contributed by atoms with van der Waals surface area (Å²) in [5.41, 5.74) is -1.42. The number of hydrogen-bond donors (Lipinski definition) is 0. The fraction of sp³-hybridized carbons (Fsp3) is 0.345. The first-order chi connectivity index (χ1) is 18.7. The number of carbonyl (C=O) groups excluding carboxylic acids is 3. The summed E-state index contributed by atoms with van der Waals surface area (Å²) in [6.45, 7) is 3.20. The van der Waals surface area contributed by atoms with Crippen LogP contribution in [0.5, 0.6) is 5.88 Å². The zero-order valence-electron chi connectivity index (χ0n) is 21.2. The molecule has 2 aromatic carbocycles. The predicted octanol–water partition coefficient (Wildman–Crippen LogP) is 4.20. The molecule has 3 fully saturated rings. The maximum absolute atomic E-state index is 14.1. The molecule has 39 heavy (non-hydrogen) atoms. The Morgan fingerprint density at radius 3 is 2.59 bits per heavy atom. The highest BCUT2D eigenvalue weighted by Crippen LogP contribution is 2.63. The van der Waals surface area contributed by atoms with Crippen molar-refractivity contribution >= 4 is 45.8 Å². The summed E-state index contributed by atoms with van der Waals surface area (Å²) in [7, 11) is 0. The van der Waals surface area contributed by atoms with Crippen LogP contribution in [-0.2, 0) is 23.9 Å². The summed E-state index contributed by atoms with van der Waals surface area (Å²) in [5, 5.41) is 11.3. The number of nitriles is 1. The SMILES string of the molecule is CC(=O)O[C@H]1C[C@@]2(CCOc3ccc(Cl)cn3)O[C@]1(C)[C@@H]1C(=O)N(c3ccc(C#N)c4ccccc34)C(=O)[C@@H]12. The largest absolute Gasteiger partial charge is 0.478 e. The lowest BCUT2D eigenvalue weighted by atomic mass is 9.66. The molecule has 0 aliphatic carbocycles. The number of ether oxygens (including phenoxy) is 3. The molecule has 5 atom stereocenters. The van der Waals surface area contributed by atoms with Gasteiger partial charge >= 0.3 is 5.97 Å². The maximum atomic E-state index is 14.1. The minimum absolute atomic E-state index is 0.155. The number of imide groups is 1. The number of carbonyl (C=O) groups is 3. The fourth-order valence-corrected chi connectivity index (χ4v) is 6.66. The molecule has 3 aliphatic rings. The van der Waals surface area contributed by atoms with Crippen molar-refractivity contribution in [2.75, 3.05) is 11.5 Å². The van der Waals surface area contributed by atoms with Gasteiger partial charge in [-0.15, -0.1) is 0 Å². The molecule has 4 heterocycles. The van der Waals surface area contributed by atoms with Crippen molar-refractivity contribution in [3.8, 4) is 11.9 Å². The van der Waals surface area contributed by atoms with Crippen LogP contribution in [0.15, 0.2) is 54.7 Å². The van der Waals surface area contributed by atoms with E-state index < -0.39 is 41.0 Å². The normalized spacial score (nSPS) is 29.0. The highest BCUT2D eigenvalue weighted by atomic mass is 35.5. The summed E-state index contributed by atoms with van der Waals surface area (Å²) in [6, 6.07) is 15.9. The summed E-state index contributed by atoms with van der Waals surface area (Å²) >= 11 is 5.91. The Morgan fingerprint density at radius 1 is 1.15 bits per heavy atom. The molecule has 1 aromatic heterocycles. The second-order valence-electron chi connectivity index (χ2n) is 10.3. The molecule has 3 saturated heterocycles. The van der Waals surface area contributed by atoms with Crippen LogP contribution in [0.4, 0.5) is 5.69 Å². The van der Waals surface area contributed by atoms with Crippen LogP contribution < -0.4 is 9.64 Å². The van der Waals surface area contributed by atoms with E-state index in [0.717, 1.165) is 0 Å². The summed E-state index contributed by atoms with van der Waals surface area (Å²) < 4.78 is 18.0. The Kier molecular flexibility index (Phi) is 5.86. The minimum Gasteiger partial charge on any atom is -0.478 e. The van der Waals surface area contributed by atoms with Crippen molar-refractivity contribution in [2.24, 2.45) is 11.8 Å². The Labute approximate surface area is 229 Å². The van der Waals surface area contributed by atoms with Gasteiger partial charge in [-0.05, 0) is 25.1 Å². The molecule has 10 heteroatoms. The van der Waals surface area contributed by atoms with Crippen molar-refractivity contribution < 1.29 is 28.6 Å². The zero-order valence-corrected chi connectivity index (χ0v) is 22.0. The number of amides is 2. The number of benzene rings is 2. The topological polar surface area (TPSA) is 119 Å². The smallest absolute Gasteiger partial charge is 0.303 e. The molecule has 3 aliphatic heterocycles. The van der Waals surface area contributed by atoms with E-state index in [1.54, 1.807) is 55.5 Å².